The molecule has 2 aromatic carbocycles. The number of hydrogen-bond donors (Lipinski definition) is 1. The number of ether oxygens (including phenoxy) is 1. The van der Waals surface area contributed by atoms with Crippen LogP contribution in [0.3, 0.4) is 0 Å². The van der Waals surface area contributed by atoms with E-state index >= 15 is 0 Å². The summed E-state index contributed by atoms with van der Waals surface area (Å²) < 4.78 is 19.1. The molecule has 0 spiro atoms. The van der Waals surface area contributed by atoms with Crippen LogP contribution < -0.4 is 4.74 Å². The number of benzene rings is 2. The molecule has 0 aromatic heterocycles. The highest BCUT2D eigenvalue weighted by Gasteiger charge is 2.10. The molecule has 112 valence electrons. The Morgan fingerprint density at radius 2 is 2.00 bits per heavy atom. The number of aromatic hydroxyl groups is 1. The summed E-state index contributed by atoms with van der Waals surface area (Å²) in [5, 5.41) is 10.3. The average Bonchev–Trinajstić information content (AvgIpc) is 2.39. The Morgan fingerprint density at radius 1 is 1.24 bits per heavy atom. The van der Waals surface area contributed by atoms with Gasteiger partial charge in [0.1, 0.15) is 12.4 Å². The number of hydrogen-bond acceptors (Lipinski definition) is 2. The molecule has 0 aliphatic carbocycles. The molecule has 0 unspecified atom stereocenters. The number of halogens is 2. The van der Waals surface area contributed by atoms with Crippen molar-refractivity contribution in [1.29, 1.82) is 0 Å². The fourth-order valence-electron chi connectivity index (χ4n) is 2.10. The van der Waals surface area contributed by atoms with Gasteiger partial charge >= 0.3 is 0 Å². The highest BCUT2D eigenvalue weighted by molar-refractivity contribution is 6.31. The van der Waals surface area contributed by atoms with Crippen molar-refractivity contribution in [2.45, 2.75) is 26.9 Å². The van der Waals surface area contributed by atoms with Crippen LogP contribution in [0, 0.1) is 11.7 Å². The molecule has 0 radical (unpaired) electrons. The second kappa shape index (κ2) is 6.81. The molecule has 0 saturated carbocycles. The van der Waals surface area contributed by atoms with E-state index in [1.165, 1.54) is 6.07 Å². The molecule has 0 amide bonds. The normalized spacial score (nSPS) is 10.9. The van der Waals surface area contributed by atoms with Crippen molar-refractivity contribution < 1.29 is 14.2 Å². The molecular weight excluding hydrogens is 291 g/mol. The van der Waals surface area contributed by atoms with Gasteiger partial charge < -0.3 is 9.84 Å². The molecule has 0 saturated heterocycles. The van der Waals surface area contributed by atoms with Crippen molar-refractivity contribution in [3.05, 3.63) is 58.4 Å². The molecule has 0 heterocycles. The lowest BCUT2D eigenvalue weighted by Gasteiger charge is -2.12. The highest BCUT2D eigenvalue weighted by Crippen LogP contribution is 2.29. The summed E-state index contributed by atoms with van der Waals surface area (Å²) in [5.41, 5.74) is 1.32. The summed E-state index contributed by atoms with van der Waals surface area (Å²) >= 11 is 5.94. The molecule has 0 aliphatic rings. The first-order valence-corrected chi connectivity index (χ1v) is 7.22. The van der Waals surface area contributed by atoms with E-state index in [9.17, 15) is 9.50 Å². The van der Waals surface area contributed by atoms with Crippen LogP contribution in [0.2, 0.25) is 5.02 Å². The van der Waals surface area contributed by atoms with E-state index in [0.29, 0.717) is 16.7 Å². The van der Waals surface area contributed by atoms with Gasteiger partial charge in [0.15, 0.2) is 11.5 Å². The highest BCUT2D eigenvalue weighted by atomic mass is 35.5. The molecule has 2 nitrogen and oxygen atoms in total. The maximum Gasteiger partial charge on any atom is 0.161 e. The molecular formula is C17H18ClFO2. The lowest BCUT2D eigenvalue weighted by molar-refractivity contribution is 0.283. The van der Waals surface area contributed by atoms with Crippen molar-refractivity contribution in [1.82, 2.24) is 0 Å². The van der Waals surface area contributed by atoms with Gasteiger partial charge in [-0.2, -0.15) is 0 Å². The summed E-state index contributed by atoms with van der Waals surface area (Å²) in [5.74, 6) is 0.467. The van der Waals surface area contributed by atoms with E-state index in [1.807, 2.05) is 6.07 Å². The van der Waals surface area contributed by atoms with Gasteiger partial charge in [0.2, 0.25) is 0 Å². The van der Waals surface area contributed by atoms with Gasteiger partial charge in [-0.15, -0.1) is 0 Å². The Kier molecular flexibility index (Phi) is 5.07. The Balaban J connectivity index is 2.10. The predicted molar refractivity (Wildman–Crippen MR) is 82.4 cm³/mol. The van der Waals surface area contributed by atoms with Gasteiger partial charge in [-0.1, -0.05) is 37.6 Å². The molecule has 4 heteroatoms. The third-order valence-electron chi connectivity index (χ3n) is 3.10. The minimum atomic E-state index is -0.418. The van der Waals surface area contributed by atoms with E-state index in [2.05, 4.69) is 13.8 Å². The van der Waals surface area contributed by atoms with E-state index in [4.69, 9.17) is 16.3 Å². The first-order valence-electron chi connectivity index (χ1n) is 6.85. The summed E-state index contributed by atoms with van der Waals surface area (Å²) in [4.78, 5) is 0. The quantitative estimate of drug-likeness (QED) is 0.845. The van der Waals surface area contributed by atoms with E-state index in [0.717, 1.165) is 12.0 Å². The van der Waals surface area contributed by atoms with Crippen LogP contribution >= 0.6 is 11.6 Å². The van der Waals surface area contributed by atoms with Crippen LogP contribution in [-0.2, 0) is 13.0 Å². The van der Waals surface area contributed by atoms with Crippen LogP contribution in [0.15, 0.2) is 36.4 Å². The zero-order valence-electron chi connectivity index (χ0n) is 12.1. The van der Waals surface area contributed by atoms with Gasteiger partial charge in [-0.25, -0.2) is 4.39 Å². The topological polar surface area (TPSA) is 29.5 Å². The lowest BCUT2D eigenvalue weighted by Crippen LogP contribution is -2.00. The van der Waals surface area contributed by atoms with E-state index in [-0.39, 0.29) is 17.9 Å². The van der Waals surface area contributed by atoms with Crippen molar-refractivity contribution in [3.8, 4) is 11.5 Å². The molecule has 21 heavy (non-hydrogen) atoms. The number of phenols is 1. The maximum atomic E-state index is 13.6. The second-order valence-electron chi connectivity index (χ2n) is 5.39. The minimum absolute atomic E-state index is 0.0252. The van der Waals surface area contributed by atoms with Gasteiger partial charge in [0.25, 0.3) is 0 Å². The van der Waals surface area contributed by atoms with Crippen LogP contribution in [-0.4, -0.2) is 5.11 Å². The average molecular weight is 309 g/mol. The van der Waals surface area contributed by atoms with Gasteiger partial charge in [0.05, 0.1) is 5.02 Å². The summed E-state index contributed by atoms with van der Waals surface area (Å²) in [6, 6.07) is 9.75. The van der Waals surface area contributed by atoms with Gasteiger partial charge in [-0.3, -0.25) is 0 Å². The van der Waals surface area contributed by atoms with Crippen molar-refractivity contribution in [2.75, 3.05) is 0 Å². The van der Waals surface area contributed by atoms with Crippen LogP contribution in [0.4, 0.5) is 4.39 Å². The van der Waals surface area contributed by atoms with Crippen LogP contribution in [0.1, 0.15) is 25.0 Å². The molecule has 2 aromatic rings. The fraction of sp³-hybridized carbons (Fsp3) is 0.294. The zero-order valence-corrected chi connectivity index (χ0v) is 12.8. The Labute approximate surface area is 129 Å². The Bertz CT molecular complexity index is 606. The first-order chi connectivity index (χ1) is 9.97. The van der Waals surface area contributed by atoms with Crippen molar-refractivity contribution >= 4 is 11.6 Å². The SMILES string of the molecule is CC(C)Cc1ccc(OCc2c(F)cccc2Cl)c(O)c1. The molecule has 0 bridgehead atoms. The van der Waals surface area contributed by atoms with Crippen molar-refractivity contribution in [3.63, 3.8) is 0 Å². The van der Waals surface area contributed by atoms with Gasteiger partial charge in [0, 0.05) is 5.56 Å². The second-order valence-corrected chi connectivity index (χ2v) is 5.80. The fourth-order valence-corrected chi connectivity index (χ4v) is 2.32. The predicted octanol–water partition coefficient (Wildman–Crippen LogP) is 4.96. The minimum Gasteiger partial charge on any atom is -0.504 e. The Morgan fingerprint density at radius 3 is 2.62 bits per heavy atom. The zero-order chi connectivity index (χ0) is 15.4. The molecule has 1 N–H and O–H groups in total. The number of rotatable bonds is 5. The smallest absolute Gasteiger partial charge is 0.161 e. The lowest BCUT2D eigenvalue weighted by atomic mass is 10.0. The van der Waals surface area contributed by atoms with Crippen LogP contribution in [0.5, 0.6) is 11.5 Å². The molecule has 0 aliphatic heterocycles. The van der Waals surface area contributed by atoms with Crippen molar-refractivity contribution in [2.24, 2.45) is 5.92 Å². The Hall–Kier alpha value is -1.74. The van der Waals surface area contributed by atoms with Crippen LogP contribution in [0.25, 0.3) is 0 Å². The molecule has 0 fully saturated rings. The first kappa shape index (κ1) is 15.6. The molecule has 2 rings (SSSR count). The number of phenolic OH excluding ortho intramolecular Hbond substituents is 1. The molecule has 0 atom stereocenters. The summed E-state index contributed by atoms with van der Waals surface area (Å²) in [6.45, 7) is 4.20. The van der Waals surface area contributed by atoms with Gasteiger partial charge in [-0.05, 0) is 42.2 Å². The van der Waals surface area contributed by atoms with E-state index in [1.54, 1.807) is 24.3 Å². The standard InChI is InChI=1S/C17H18ClFO2/c1-11(2)8-12-6-7-17(16(20)9-12)21-10-13-14(18)4-3-5-15(13)19/h3-7,9,11,20H,8,10H2,1-2H3. The summed E-state index contributed by atoms with van der Waals surface area (Å²) in [7, 11) is 0. The largest absolute Gasteiger partial charge is 0.504 e. The maximum absolute atomic E-state index is 13.6. The monoisotopic (exact) mass is 308 g/mol. The third-order valence-corrected chi connectivity index (χ3v) is 3.46. The third kappa shape index (κ3) is 4.11. The van der Waals surface area contributed by atoms with E-state index < -0.39 is 5.82 Å². The summed E-state index contributed by atoms with van der Waals surface area (Å²) in [6.07, 6.45) is 0.882.